The Labute approximate surface area is 134 Å². The van der Waals surface area contributed by atoms with Crippen LogP contribution < -0.4 is 5.32 Å². The van der Waals surface area contributed by atoms with Gasteiger partial charge < -0.3 is 5.32 Å². The second-order valence-corrected chi connectivity index (χ2v) is 6.30. The number of benzene rings is 2. The molecule has 0 bridgehead atoms. The lowest BCUT2D eigenvalue weighted by molar-refractivity contribution is 0.0939. The first kappa shape index (κ1) is 14.5. The van der Waals surface area contributed by atoms with Crippen LogP contribution in [0.3, 0.4) is 0 Å². The van der Waals surface area contributed by atoms with Crippen molar-refractivity contribution in [3.8, 4) is 0 Å². The minimum absolute atomic E-state index is 0.0170. The summed E-state index contributed by atoms with van der Waals surface area (Å²) < 4.78 is 1.99. The number of carbonyl (C=O) groups is 1. The van der Waals surface area contributed by atoms with Crippen LogP contribution in [0.5, 0.6) is 0 Å². The highest BCUT2D eigenvalue weighted by Crippen LogP contribution is 2.18. The van der Waals surface area contributed by atoms with Gasteiger partial charge in [-0.3, -0.25) is 4.79 Å². The van der Waals surface area contributed by atoms with Crippen LogP contribution in [-0.2, 0) is 0 Å². The molecule has 2 rings (SSSR count). The van der Waals surface area contributed by atoms with Gasteiger partial charge in [0.1, 0.15) is 0 Å². The quantitative estimate of drug-likeness (QED) is 0.712. The Morgan fingerprint density at radius 1 is 1.16 bits per heavy atom. The molecule has 2 aromatic carbocycles. The highest BCUT2D eigenvalue weighted by molar-refractivity contribution is 14.1. The molecule has 1 amide bonds. The third kappa shape index (κ3) is 3.79. The zero-order valence-electron chi connectivity index (χ0n) is 10.4. The molecule has 0 spiro atoms. The Morgan fingerprint density at radius 3 is 2.42 bits per heavy atom. The van der Waals surface area contributed by atoms with E-state index in [1.807, 2.05) is 55.5 Å². The molecule has 0 saturated heterocycles. The number of carbonyl (C=O) groups excluding carboxylic acids is 1. The maximum atomic E-state index is 12.2. The summed E-state index contributed by atoms with van der Waals surface area (Å²) in [4.78, 5) is 12.2. The third-order valence-electron chi connectivity index (χ3n) is 2.84. The van der Waals surface area contributed by atoms with Crippen molar-refractivity contribution in [3.63, 3.8) is 0 Å². The van der Waals surface area contributed by atoms with E-state index in [0.29, 0.717) is 5.56 Å². The van der Waals surface area contributed by atoms with Crippen molar-refractivity contribution in [2.24, 2.45) is 0 Å². The average Bonchev–Trinajstić information content (AvgIpc) is 2.39. The number of nitrogens with one attached hydrogen (secondary N) is 1. The van der Waals surface area contributed by atoms with Gasteiger partial charge in [0.2, 0.25) is 0 Å². The van der Waals surface area contributed by atoms with Gasteiger partial charge in [-0.2, -0.15) is 0 Å². The molecule has 1 N–H and O–H groups in total. The summed E-state index contributed by atoms with van der Waals surface area (Å²) in [6.07, 6.45) is 0. The highest BCUT2D eigenvalue weighted by atomic mass is 127. The number of halogens is 2. The van der Waals surface area contributed by atoms with Crippen LogP contribution >= 0.6 is 38.5 Å². The van der Waals surface area contributed by atoms with Gasteiger partial charge >= 0.3 is 0 Å². The molecule has 0 unspecified atom stereocenters. The Kier molecular flexibility index (Phi) is 4.99. The van der Waals surface area contributed by atoms with Crippen LogP contribution in [0.25, 0.3) is 0 Å². The molecule has 19 heavy (non-hydrogen) atoms. The van der Waals surface area contributed by atoms with Gasteiger partial charge in [0, 0.05) is 8.04 Å². The molecule has 2 nitrogen and oxygen atoms in total. The van der Waals surface area contributed by atoms with Crippen LogP contribution in [0.15, 0.2) is 53.0 Å². The molecular formula is C15H13BrINO. The van der Waals surface area contributed by atoms with Crippen LogP contribution in [0, 0.1) is 3.57 Å². The van der Waals surface area contributed by atoms with Crippen molar-refractivity contribution in [1.29, 1.82) is 0 Å². The Hall–Kier alpha value is -0.880. The zero-order chi connectivity index (χ0) is 13.8. The second kappa shape index (κ2) is 6.52. The van der Waals surface area contributed by atoms with Gasteiger partial charge in [-0.25, -0.2) is 0 Å². The first-order valence-corrected chi connectivity index (χ1v) is 7.76. The van der Waals surface area contributed by atoms with Gasteiger partial charge in [-0.1, -0.05) is 40.2 Å². The van der Waals surface area contributed by atoms with E-state index < -0.39 is 0 Å². The van der Waals surface area contributed by atoms with E-state index in [1.165, 1.54) is 0 Å². The average molecular weight is 430 g/mol. The topological polar surface area (TPSA) is 29.1 Å². The maximum Gasteiger partial charge on any atom is 0.252 e. The third-order valence-corrected chi connectivity index (χ3v) is 4.31. The standard InChI is InChI=1S/C15H13BrINO/c1-10(11-6-8-12(16)9-7-11)18-15(19)13-4-2-3-5-14(13)17/h2-10H,1H3,(H,18,19)/t10-/m0/s1. The van der Waals surface area contributed by atoms with Crippen molar-refractivity contribution in [1.82, 2.24) is 5.32 Å². The molecule has 0 aliphatic carbocycles. The fraction of sp³-hybridized carbons (Fsp3) is 0.133. The minimum atomic E-state index is -0.0413. The first-order valence-electron chi connectivity index (χ1n) is 5.89. The number of hydrogen-bond acceptors (Lipinski definition) is 1. The second-order valence-electron chi connectivity index (χ2n) is 4.23. The lowest BCUT2D eigenvalue weighted by atomic mass is 10.1. The zero-order valence-corrected chi connectivity index (χ0v) is 14.1. The first-order chi connectivity index (χ1) is 9.08. The predicted molar refractivity (Wildman–Crippen MR) is 89.2 cm³/mol. The van der Waals surface area contributed by atoms with Gasteiger partial charge in [-0.05, 0) is 59.3 Å². The Bertz CT molecular complexity index is 583. The van der Waals surface area contributed by atoms with Crippen molar-refractivity contribution in [3.05, 3.63) is 67.7 Å². The minimum Gasteiger partial charge on any atom is -0.345 e. The summed E-state index contributed by atoms with van der Waals surface area (Å²) in [7, 11) is 0. The molecule has 0 heterocycles. The van der Waals surface area contributed by atoms with Crippen molar-refractivity contribution >= 4 is 44.4 Å². The largest absolute Gasteiger partial charge is 0.345 e. The summed E-state index contributed by atoms with van der Waals surface area (Å²) in [6.45, 7) is 1.98. The molecule has 0 aliphatic rings. The van der Waals surface area contributed by atoms with E-state index in [-0.39, 0.29) is 11.9 Å². The predicted octanol–water partition coefficient (Wildman–Crippen LogP) is 4.54. The van der Waals surface area contributed by atoms with Gasteiger partial charge in [0.25, 0.3) is 5.91 Å². The normalized spacial score (nSPS) is 11.9. The van der Waals surface area contributed by atoms with E-state index in [9.17, 15) is 4.79 Å². The molecule has 4 heteroatoms. The van der Waals surface area contributed by atoms with Crippen molar-refractivity contribution < 1.29 is 4.79 Å². The summed E-state index contributed by atoms with van der Waals surface area (Å²) >= 11 is 5.58. The molecule has 98 valence electrons. The fourth-order valence-electron chi connectivity index (χ4n) is 1.75. The van der Waals surface area contributed by atoms with E-state index in [1.54, 1.807) is 0 Å². The van der Waals surface area contributed by atoms with E-state index in [0.717, 1.165) is 13.6 Å². The fourth-order valence-corrected chi connectivity index (χ4v) is 2.65. The Morgan fingerprint density at radius 2 is 1.79 bits per heavy atom. The molecule has 2 aromatic rings. The van der Waals surface area contributed by atoms with Crippen molar-refractivity contribution in [2.45, 2.75) is 13.0 Å². The number of amides is 1. The Balaban J connectivity index is 2.11. The summed E-state index contributed by atoms with van der Waals surface area (Å²) in [6, 6.07) is 15.5. The summed E-state index contributed by atoms with van der Waals surface area (Å²) in [5.74, 6) is -0.0413. The molecule has 0 aromatic heterocycles. The SMILES string of the molecule is C[C@H](NC(=O)c1ccccc1I)c1ccc(Br)cc1. The molecule has 0 aliphatic heterocycles. The molecule has 1 atom stereocenters. The lowest BCUT2D eigenvalue weighted by Gasteiger charge is -2.15. The summed E-state index contributed by atoms with van der Waals surface area (Å²) in [5, 5.41) is 3.01. The van der Waals surface area contributed by atoms with Crippen molar-refractivity contribution in [2.75, 3.05) is 0 Å². The summed E-state index contributed by atoms with van der Waals surface area (Å²) in [5.41, 5.74) is 1.80. The number of hydrogen-bond donors (Lipinski definition) is 1. The number of rotatable bonds is 3. The van der Waals surface area contributed by atoms with Crippen LogP contribution in [0.4, 0.5) is 0 Å². The molecule has 0 radical (unpaired) electrons. The smallest absolute Gasteiger partial charge is 0.252 e. The van der Waals surface area contributed by atoms with Gasteiger partial charge in [0.15, 0.2) is 0 Å². The maximum absolute atomic E-state index is 12.2. The highest BCUT2D eigenvalue weighted by Gasteiger charge is 2.13. The lowest BCUT2D eigenvalue weighted by Crippen LogP contribution is -2.27. The van der Waals surface area contributed by atoms with Crippen LogP contribution in [0.2, 0.25) is 0 Å². The van der Waals surface area contributed by atoms with Crippen LogP contribution in [-0.4, -0.2) is 5.91 Å². The molecular weight excluding hydrogens is 417 g/mol. The van der Waals surface area contributed by atoms with Gasteiger partial charge in [0.05, 0.1) is 11.6 Å². The monoisotopic (exact) mass is 429 g/mol. The van der Waals surface area contributed by atoms with Crippen LogP contribution in [0.1, 0.15) is 28.9 Å². The van der Waals surface area contributed by atoms with Gasteiger partial charge in [-0.15, -0.1) is 0 Å². The van der Waals surface area contributed by atoms with E-state index >= 15 is 0 Å². The van der Waals surface area contributed by atoms with E-state index in [4.69, 9.17) is 0 Å². The van der Waals surface area contributed by atoms with E-state index in [2.05, 4.69) is 43.8 Å². The molecule has 0 fully saturated rings. The molecule has 0 saturated carbocycles.